The molecule has 19 heavy (non-hydrogen) atoms. The fourth-order valence-corrected chi connectivity index (χ4v) is 2.17. The van der Waals surface area contributed by atoms with Crippen molar-refractivity contribution in [3.63, 3.8) is 0 Å². The van der Waals surface area contributed by atoms with Gasteiger partial charge >= 0.3 is 5.69 Å². The summed E-state index contributed by atoms with van der Waals surface area (Å²) in [5.74, 6) is -0.783. The number of benzene rings is 1. The van der Waals surface area contributed by atoms with E-state index >= 15 is 0 Å². The fraction of sp³-hybridized carbons (Fsp3) is 0.455. The minimum atomic E-state index is -2.97. The lowest BCUT2D eigenvalue weighted by atomic mass is 10.2. The summed E-state index contributed by atoms with van der Waals surface area (Å²) in [5.41, 5.74) is 0.0169. The van der Waals surface area contributed by atoms with Crippen LogP contribution in [0.2, 0.25) is 0 Å². The van der Waals surface area contributed by atoms with Crippen molar-refractivity contribution in [2.24, 2.45) is 0 Å². The van der Waals surface area contributed by atoms with E-state index in [1.54, 1.807) is 0 Å². The molecule has 8 heteroatoms. The summed E-state index contributed by atoms with van der Waals surface area (Å²) in [6, 6.07) is 3.68. The van der Waals surface area contributed by atoms with Gasteiger partial charge < -0.3 is 5.32 Å². The van der Waals surface area contributed by atoms with Gasteiger partial charge in [-0.1, -0.05) is 6.07 Å². The third kappa shape index (κ3) is 5.75. The Morgan fingerprint density at radius 2 is 2.11 bits per heavy atom. The summed E-state index contributed by atoms with van der Waals surface area (Å²) in [6.07, 6.45) is 1.63. The normalized spacial score (nSPS) is 11.5. The number of nitro benzene ring substituents is 1. The monoisotopic (exact) mass is 290 g/mol. The molecule has 0 atom stereocenters. The maximum absolute atomic E-state index is 13.3. The van der Waals surface area contributed by atoms with Crippen molar-refractivity contribution >= 4 is 15.5 Å². The number of hydrogen-bond donors (Lipinski definition) is 1. The summed E-state index contributed by atoms with van der Waals surface area (Å²) < 4.78 is 35.0. The van der Waals surface area contributed by atoms with Crippen LogP contribution >= 0.6 is 0 Å². The molecular formula is C11H15FN2O4S. The highest BCUT2D eigenvalue weighted by molar-refractivity contribution is 7.90. The van der Waals surface area contributed by atoms with E-state index in [0.29, 0.717) is 25.1 Å². The van der Waals surface area contributed by atoms with Crippen molar-refractivity contribution < 1.29 is 17.7 Å². The number of hydrogen-bond acceptors (Lipinski definition) is 5. The van der Waals surface area contributed by atoms with Gasteiger partial charge in [0, 0.05) is 18.9 Å². The molecule has 0 aromatic heterocycles. The highest BCUT2D eigenvalue weighted by atomic mass is 32.2. The zero-order valence-corrected chi connectivity index (χ0v) is 11.2. The number of halogens is 1. The Labute approximate surface area is 110 Å². The van der Waals surface area contributed by atoms with Gasteiger partial charge in [0.1, 0.15) is 9.84 Å². The minimum Gasteiger partial charge on any atom is -0.313 e. The second kappa shape index (κ2) is 6.58. The molecule has 106 valence electrons. The van der Waals surface area contributed by atoms with Crippen molar-refractivity contribution in [1.29, 1.82) is 0 Å². The molecule has 0 radical (unpaired) electrons. The van der Waals surface area contributed by atoms with E-state index in [9.17, 15) is 22.9 Å². The van der Waals surface area contributed by atoms with Gasteiger partial charge in [0.2, 0.25) is 5.82 Å². The first kappa shape index (κ1) is 15.5. The van der Waals surface area contributed by atoms with Crippen LogP contribution in [0.4, 0.5) is 10.1 Å². The average Bonchev–Trinajstić information content (AvgIpc) is 2.26. The first-order chi connectivity index (χ1) is 8.79. The molecule has 6 nitrogen and oxygen atoms in total. The van der Waals surface area contributed by atoms with Gasteiger partial charge in [-0.3, -0.25) is 10.1 Å². The van der Waals surface area contributed by atoms with E-state index in [1.807, 2.05) is 0 Å². The maximum atomic E-state index is 13.3. The summed E-state index contributed by atoms with van der Waals surface area (Å²) in [5, 5.41) is 13.4. The molecule has 1 aromatic rings. The molecule has 0 aliphatic heterocycles. The number of rotatable bonds is 7. The molecule has 0 amide bonds. The summed E-state index contributed by atoms with van der Waals surface area (Å²) in [7, 11) is -2.97. The van der Waals surface area contributed by atoms with Crippen LogP contribution in [-0.2, 0) is 16.4 Å². The molecule has 1 N–H and O–H groups in total. The molecule has 0 aliphatic rings. The predicted octanol–water partition coefficient (Wildman–Crippen LogP) is 1.26. The smallest absolute Gasteiger partial charge is 0.304 e. The SMILES string of the molecule is CS(=O)(=O)CCCNCc1ccc([N+](=O)[O-])c(F)c1. The number of nitro groups is 1. The third-order valence-electron chi connectivity index (χ3n) is 2.41. The molecule has 0 heterocycles. The first-order valence-corrected chi connectivity index (χ1v) is 7.67. The number of nitrogens with one attached hydrogen (secondary N) is 1. The van der Waals surface area contributed by atoms with Gasteiger partial charge in [-0.05, 0) is 24.6 Å². The van der Waals surface area contributed by atoms with Crippen LogP contribution in [0.15, 0.2) is 18.2 Å². The van der Waals surface area contributed by atoms with Crippen LogP contribution in [0.3, 0.4) is 0 Å². The molecular weight excluding hydrogens is 275 g/mol. The van der Waals surface area contributed by atoms with Crippen molar-refractivity contribution in [2.45, 2.75) is 13.0 Å². The molecule has 0 aliphatic carbocycles. The van der Waals surface area contributed by atoms with Gasteiger partial charge in [0.05, 0.1) is 10.7 Å². The van der Waals surface area contributed by atoms with Crippen molar-refractivity contribution in [1.82, 2.24) is 5.32 Å². The first-order valence-electron chi connectivity index (χ1n) is 5.61. The van der Waals surface area contributed by atoms with E-state index in [-0.39, 0.29) is 5.75 Å². The highest BCUT2D eigenvalue weighted by Gasteiger charge is 2.13. The Hall–Kier alpha value is -1.54. The van der Waals surface area contributed by atoms with Crippen LogP contribution in [0.1, 0.15) is 12.0 Å². The highest BCUT2D eigenvalue weighted by Crippen LogP contribution is 2.17. The van der Waals surface area contributed by atoms with Crippen molar-refractivity contribution in [2.75, 3.05) is 18.6 Å². The van der Waals surface area contributed by atoms with Crippen LogP contribution in [0, 0.1) is 15.9 Å². The van der Waals surface area contributed by atoms with Crippen LogP contribution in [0.25, 0.3) is 0 Å². The number of sulfone groups is 1. The standard InChI is InChI=1S/C11H15FN2O4S/c1-19(17,18)6-2-5-13-8-9-3-4-11(14(15)16)10(12)7-9/h3-4,7,13H,2,5-6,8H2,1H3. The van der Waals surface area contributed by atoms with E-state index in [1.165, 1.54) is 12.3 Å². The molecule has 1 aromatic carbocycles. The van der Waals surface area contributed by atoms with Gasteiger partial charge in [0.25, 0.3) is 0 Å². The summed E-state index contributed by atoms with van der Waals surface area (Å²) in [6.45, 7) is 0.810. The molecule has 0 bridgehead atoms. The quantitative estimate of drug-likeness (QED) is 0.464. The largest absolute Gasteiger partial charge is 0.313 e. The third-order valence-corrected chi connectivity index (χ3v) is 3.44. The van der Waals surface area contributed by atoms with Crippen LogP contribution < -0.4 is 5.32 Å². The average molecular weight is 290 g/mol. The van der Waals surface area contributed by atoms with E-state index in [4.69, 9.17) is 0 Å². The Balaban J connectivity index is 2.42. The zero-order valence-electron chi connectivity index (χ0n) is 10.4. The van der Waals surface area contributed by atoms with E-state index in [2.05, 4.69) is 5.32 Å². The zero-order chi connectivity index (χ0) is 14.5. The van der Waals surface area contributed by atoms with Gasteiger partial charge in [-0.15, -0.1) is 0 Å². The van der Waals surface area contributed by atoms with E-state index in [0.717, 1.165) is 12.1 Å². The molecule has 0 spiro atoms. The van der Waals surface area contributed by atoms with Gasteiger partial charge in [-0.2, -0.15) is 4.39 Å². The Bertz CT molecular complexity index is 560. The van der Waals surface area contributed by atoms with Crippen molar-refractivity contribution in [3.05, 3.63) is 39.7 Å². The second-order valence-electron chi connectivity index (χ2n) is 4.20. The topological polar surface area (TPSA) is 89.3 Å². The lowest BCUT2D eigenvalue weighted by Crippen LogP contribution is -2.18. The second-order valence-corrected chi connectivity index (χ2v) is 6.46. The van der Waals surface area contributed by atoms with Crippen molar-refractivity contribution in [3.8, 4) is 0 Å². The lowest BCUT2D eigenvalue weighted by molar-refractivity contribution is -0.387. The molecule has 0 unspecified atom stereocenters. The van der Waals surface area contributed by atoms with Crippen LogP contribution in [0.5, 0.6) is 0 Å². The Morgan fingerprint density at radius 1 is 1.42 bits per heavy atom. The van der Waals surface area contributed by atoms with Crippen LogP contribution in [-0.4, -0.2) is 31.9 Å². The maximum Gasteiger partial charge on any atom is 0.304 e. The summed E-state index contributed by atoms with van der Waals surface area (Å²) in [4.78, 5) is 9.64. The fourth-order valence-electron chi connectivity index (χ4n) is 1.50. The molecule has 0 fully saturated rings. The lowest BCUT2D eigenvalue weighted by Gasteiger charge is -2.04. The minimum absolute atomic E-state index is 0.0919. The van der Waals surface area contributed by atoms with Gasteiger partial charge in [-0.25, -0.2) is 8.42 Å². The van der Waals surface area contributed by atoms with Gasteiger partial charge in [0.15, 0.2) is 0 Å². The Morgan fingerprint density at radius 3 is 2.63 bits per heavy atom. The summed E-state index contributed by atoms with van der Waals surface area (Å²) >= 11 is 0. The predicted molar refractivity (Wildman–Crippen MR) is 69.1 cm³/mol. The number of nitrogens with zero attached hydrogens (tertiary/aromatic N) is 1. The molecule has 0 saturated carbocycles. The molecule has 0 saturated heterocycles. The van der Waals surface area contributed by atoms with E-state index < -0.39 is 26.3 Å². The Kier molecular flexibility index (Phi) is 5.37. The molecule has 1 rings (SSSR count).